The highest BCUT2D eigenvalue weighted by Gasteiger charge is 2.24. The maximum atomic E-state index is 12.2. The topological polar surface area (TPSA) is 79.1 Å². The Kier molecular flexibility index (Phi) is 14.6. The first-order valence-electron chi connectivity index (χ1n) is 8.06. The molecule has 7 nitrogen and oxygen atoms in total. The van der Waals surface area contributed by atoms with Crippen molar-refractivity contribution in [3.63, 3.8) is 0 Å². The van der Waals surface area contributed by atoms with Crippen LogP contribution in [0.3, 0.4) is 0 Å². The highest BCUT2D eigenvalue weighted by atomic mass is 35.5. The van der Waals surface area contributed by atoms with E-state index in [1.54, 1.807) is 7.11 Å². The van der Waals surface area contributed by atoms with Crippen LogP contribution in [0.5, 0.6) is 0 Å². The van der Waals surface area contributed by atoms with Crippen LogP contribution in [0, 0.1) is 0 Å². The molecular formula is C15H32Cl2N4O3. The van der Waals surface area contributed by atoms with Gasteiger partial charge in [0.2, 0.25) is 11.8 Å². The van der Waals surface area contributed by atoms with Crippen molar-refractivity contribution in [2.45, 2.75) is 26.4 Å². The SMILES string of the molecule is CCN(CC)C(=O)CN1CCN(C(=O)CC(CN)OC)CC1.Cl.Cl. The highest BCUT2D eigenvalue weighted by molar-refractivity contribution is 5.85. The number of hydrogen-bond donors (Lipinski definition) is 1. The van der Waals surface area contributed by atoms with Crippen LogP contribution in [-0.2, 0) is 14.3 Å². The zero-order valence-corrected chi connectivity index (χ0v) is 16.5. The molecule has 0 aromatic rings. The fourth-order valence-electron chi connectivity index (χ4n) is 2.61. The summed E-state index contributed by atoms with van der Waals surface area (Å²) in [7, 11) is 1.57. The molecule has 0 aromatic heterocycles. The largest absolute Gasteiger partial charge is 0.380 e. The van der Waals surface area contributed by atoms with E-state index in [0.717, 1.165) is 26.2 Å². The molecule has 0 radical (unpaired) electrons. The predicted octanol–water partition coefficient (Wildman–Crippen LogP) is 0.206. The number of piperazine rings is 1. The van der Waals surface area contributed by atoms with Crippen LogP contribution in [-0.4, -0.2) is 92.1 Å². The van der Waals surface area contributed by atoms with Crippen LogP contribution >= 0.6 is 24.8 Å². The summed E-state index contributed by atoms with van der Waals surface area (Å²) in [6.45, 7) is 9.03. The smallest absolute Gasteiger partial charge is 0.236 e. The van der Waals surface area contributed by atoms with Gasteiger partial charge in [-0.25, -0.2) is 0 Å². The third-order valence-electron chi connectivity index (χ3n) is 4.20. The van der Waals surface area contributed by atoms with Crippen molar-refractivity contribution in [2.24, 2.45) is 5.73 Å². The summed E-state index contributed by atoms with van der Waals surface area (Å²) < 4.78 is 5.15. The van der Waals surface area contributed by atoms with Crippen molar-refractivity contribution in [1.82, 2.24) is 14.7 Å². The molecule has 1 saturated heterocycles. The number of halogens is 2. The van der Waals surface area contributed by atoms with Crippen LogP contribution in [0.2, 0.25) is 0 Å². The summed E-state index contributed by atoms with van der Waals surface area (Å²) in [5.41, 5.74) is 5.55. The molecule has 0 aromatic carbocycles. The van der Waals surface area contributed by atoms with Crippen LogP contribution in [0.1, 0.15) is 20.3 Å². The lowest BCUT2D eigenvalue weighted by molar-refractivity contribution is -0.136. The number of methoxy groups -OCH3 is 1. The standard InChI is InChI=1S/C15H30N4O3.2ClH/c1-4-18(5-2)15(21)12-17-6-8-19(9-7-17)14(20)10-13(11-16)22-3;;/h13H,4-12,16H2,1-3H3;2*1H. The lowest BCUT2D eigenvalue weighted by Crippen LogP contribution is -2.52. The summed E-state index contributed by atoms with van der Waals surface area (Å²) in [4.78, 5) is 30.0. The number of likely N-dealkylation sites (N-methyl/N-ethyl adjacent to an activating group) is 1. The average molecular weight is 387 g/mol. The van der Waals surface area contributed by atoms with Gasteiger partial charge in [0.1, 0.15) is 0 Å². The van der Waals surface area contributed by atoms with Crippen LogP contribution < -0.4 is 5.73 Å². The molecule has 1 fully saturated rings. The molecule has 1 unspecified atom stereocenters. The van der Waals surface area contributed by atoms with E-state index in [-0.39, 0.29) is 42.7 Å². The van der Waals surface area contributed by atoms with Gasteiger partial charge in [0.25, 0.3) is 0 Å². The lowest BCUT2D eigenvalue weighted by atomic mass is 10.2. The van der Waals surface area contributed by atoms with Gasteiger partial charge in [-0.15, -0.1) is 24.8 Å². The molecule has 2 amide bonds. The van der Waals surface area contributed by atoms with E-state index in [0.29, 0.717) is 32.6 Å². The van der Waals surface area contributed by atoms with Gasteiger partial charge in [-0.3, -0.25) is 14.5 Å². The van der Waals surface area contributed by atoms with Gasteiger partial charge in [-0.1, -0.05) is 0 Å². The van der Waals surface area contributed by atoms with Crippen molar-refractivity contribution in [1.29, 1.82) is 0 Å². The Morgan fingerprint density at radius 1 is 1.12 bits per heavy atom. The minimum Gasteiger partial charge on any atom is -0.380 e. The van der Waals surface area contributed by atoms with Crippen molar-refractivity contribution in [3.8, 4) is 0 Å². The van der Waals surface area contributed by atoms with Crippen molar-refractivity contribution >= 4 is 36.6 Å². The Hall–Kier alpha value is -0.600. The summed E-state index contributed by atoms with van der Waals surface area (Å²) in [5.74, 6) is 0.236. The van der Waals surface area contributed by atoms with Gasteiger partial charge in [0.05, 0.1) is 19.1 Å². The second-order valence-corrected chi connectivity index (χ2v) is 5.52. The molecule has 1 atom stereocenters. The van der Waals surface area contributed by atoms with Crippen molar-refractivity contribution < 1.29 is 14.3 Å². The molecule has 144 valence electrons. The first-order valence-corrected chi connectivity index (χ1v) is 8.06. The van der Waals surface area contributed by atoms with Crippen LogP contribution in [0.4, 0.5) is 0 Å². The number of nitrogens with zero attached hydrogens (tertiary/aromatic N) is 3. The number of ether oxygens (including phenoxy) is 1. The molecule has 0 bridgehead atoms. The normalized spacial score (nSPS) is 15.9. The van der Waals surface area contributed by atoms with E-state index in [9.17, 15) is 9.59 Å². The van der Waals surface area contributed by atoms with E-state index in [4.69, 9.17) is 10.5 Å². The van der Waals surface area contributed by atoms with Gasteiger partial charge in [0, 0.05) is 52.9 Å². The first kappa shape index (κ1) is 25.6. The molecule has 0 aliphatic carbocycles. The van der Waals surface area contributed by atoms with Gasteiger partial charge in [-0.2, -0.15) is 0 Å². The Labute approximate surface area is 157 Å². The molecular weight excluding hydrogens is 355 g/mol. The second kappa shape index (κ2) is 13.7. The predicted molar refractivity (Wildman–Crippen MR) is 99.9 cm³/mol. The Balaban J connectivity index is 0. The molecule has 0 spiro atoms. The molecule has 1 aliphatic rings. The average Bonchev–Trinajstić information content (AvgIpc) is 2.54. The van der Waals surface area contributed by atoms with Crippen LogP contribution in [0.25, 0.3) is 0 Å². The number of amides is 2. The zero-order valence-electron chi connectivity index (χ0n) is 14.9. The van der Waals surface area contributed by atoms with E-state index in [1.807, 2.05) is 23.6 Å². The summed E-state index contributed by atoms with van der Waals surface area (Å²) in [6.07, 6.45) is 0.112. The van der Waals surface area contributed by atoms with Crippen LogP contribution in [0.15, 0.2) is 0 Å². The highest BCUT2D eigenvalue weighted by Crippen LogP contribution is 2.07. The molecule has 1 rings (SSSR count). The molecule has 24 heavy (non-hydrogen) atoms. The Morgan fingerprint density at radius 2 is 1.67 bits per heavy atom. The first-order chi connectivity index (χ1) is 10.5. The molecule has 0 saturated carbocycles. The minimum atomic E-state index is -0.213. The quantitative estimate of drug-likeness (QED) is 0.644. The van der Waals surface area contributed by atoms with Gasteiger partial charge < -0.3 is 20.3 Å². The van der Waals surface area contributed by atoms with E-state index >= 15 is 0 Å². The molecule has 9 heteroatoms. The summed E-state index contributed by atoms with van der Waals surface area (Å²) in [5, 5.41) is 0. The second-order valence-electron chi connectivity index (χ2n) is 5.52. The molecule has 2 N–H and O–H groups in total. The Bertz CT molecular complexity index is 359. The monoisotopic (exact) mass is 386 g/mol. The lowest BCUT2D eigenvalue weighted by Gasteiger charge is -2.35. The fraction of sp³-hybridized carbons (Fsp3) is 0.867. The zero-order chi connectivity index (χ0) is 16.5. The molecule has 1 heterocycles. The summed E-state index contributed by atoms with van der Waals surface area (Å²) in [6, 6.07) is 0. The van der Waals surface area contributed by atoms with E-state index < -0.39 is 0 Å². The fourth-order valence-corrected chi connectivity index (χ4v) is 2.61. The number of carbonyl (C=O) groups is 2. The third kappa shape index (κ3) is 7.98. The summed E-state index contributed by atoms with van der Waals surface area (Å²) >= 11 is 0. The van der Waals surface area contributed by atoms with E-state index in [1.165, 1.54) is 0 Å². The van der Waals surface area contributed by atoms with Gasteiger partial charge in [0.15, 0.2) is 0 Å². The maximum Gasteiger partial charge on any atom is 0.236 e. The van der Waals surface area contributed by atoms with Gasteiger partial charge in [-0.05, 0) is 13.8 Å². The third-order valence-corrected chi connectivity index (χ3v) is 4.20. The number of carbonyl (C=O) groups excluding carboxylic acids is 2. The van der Waals surface area contributed by atoms with Crippen molar-refractivity contribution in [3.05, 3.63) is 0 Å². The minimum absolute atomic E-state index is 0. The number of rotatable bonds is 8. The van der Waals surface area contributed by atoms with E-state index in [2.05, 4.69) is 4.90 Å². The maximum absolute atomic E-state index is 12.2. The van der Waals surface area contributed by atoms with Gasteiger partial charge >= 0.3 is 0 Å². The van der Waals surface area contributed by atoms with Crippen molar-refractivity contribution in [2.75, 3.05) is 59.5 Å². The number of nitrogens with two attached hydrogens (primary N) is 1. The molecule has 1 aliphatic heterocycles. The Morgan fingerprint density at radius 3 is 2.08 bits per heavy atom. The number of hydrogen-bond acceptors (Lipinski definition) is 5.